The summed E-state index contributed by atoms with van der Waals surface area (Å²) in [5, 5.41) is 12.0. The van der Waals surface area contributed by atoms with Crippen LogP contribution in [0.1, 0.15) is 18.9 Å². The molecule has 1 unspecified atom stereocenters. The minimum Gasteiger partial charge on any atom is -0.467 e. The largest absolute Gasteiger partial charge is 0.467 e. The normalized spacial score (nSPS) is 11.4. The van der Waals surface area contributed by atoms with E-state index in [-0.39, 0.29) is 5.97 Å². The van der Waals surface area contributed by atoms with Crippen LogP contribution in [0.15, 0.2) is 22.7 Å². The van der Waals surface area contributed by atoms with E-state index in [4.69, 9.17) is 5.26 Å². The molecule has 1 N–H and O–H groups in total. The Morgan fingerprint density at radius 2 is 2.35 bits per heavy atom. The first-order valence-electron chi connectivity index (χ1n) is 5.16. The Balaban J connectivity index is 2.97. The Morgan fingerprint density at radius 1 is 1.65 bits per heavy atom. The van der Waals surface area contributed by atoms with Crippen molar-refractivity contribution in [1.82, 2.24) is 0 Å². The van der Waals surface area contributed by atoms with Crippen LogP contribution in [-0.4, -0.2) is 19.1 Å². The maximum atomic E-state index is 11.5. The van der Waals surface area contributed by atoms with Gasteiger partial charge in [-0.1, -0.05) is 22.9 Å². The van der Waals surface area contributed by atoms with Gasteiger partial charge in [0, 0.05) is 4.47 Å². The van der Waals surface area contributed by atoms with Crippen LogP contribution in [0.2, 0.25) is 0 Å². The van der Waals surface area contributed by atoms with Gasteiger partial charge in [-0.3, -0.25) is 0 Å². The number of anilines is 1. The Kier molecular flexibility index (Phi) is 4.98. The maximum absolute atomic E-state index is 11.5. The van der Waals surface area contributed by atoms with E-state index in [1.165, 1.54) is 7.11 Å². The number of hydrogen-bond donors (Lipinski definition) is 1. The highest BCUT2D eigenvalue weighted by molar-refractivity contribution is 9.10. The molecule has 90 valence electrons. The number of nitrogens with zero attached hydrogens (tertiary/aromatic N) is 1. The lowest BCUT2D eigenvalue weighted by molar-refractivity contribution is -0.141. The maximum Gasteiger partial charge on any atom is 0.328 e. The first kappa shape index (κ1) is 13.5. The van der Waals surface area contributed by atoms with Gasteiger partial charge in [-0.15, -0.1) is 0 Å². The van der Waals surface area contributed by atoms with Crippen LogP contribution in [0, 0.1) is 11.3 Å². The number of esters is 1. The number of methoxy groups -OCH3 is 1. The van der Waals surface area contributed by atoms with Crippen molar-refractivity contribution >= 4 is 27.6 Å². The molecule has 4 nitrogen and oxygen atoms in total. The highest BCUT2D eigenvalue weighted by Gasteiger charge is 2.17. The molecule has 0 spiro atoms. The predicted octanol–water partition coefficient (Wildman–Crippen LogP) is 2.68. The highest BCUT2D eigenvalue weighted by Crippen LogP contribution is 2.22. The Bertz CT molecular complexity index is 454. The molecule has 0 aliphatic carbocycles. The van der Waals surface area contributed by atoms with Crippen molar-refractivity contribution in [3.8, 4) is 6.07 Å². The molecule has 0 saturated heterocycles. The van der Waals surface area contributed by atoms with Crippen molar-refractivity contribution in [1.29, 1.82) is 5.26 Å². The third-order valence-electron chi connectivity index (χ3n) is 2.33. The molecule has 0 bridgehead atoms. The van der Waals surface area contributed by atoms with Crippen LogP contribution in [0.4, 0.5) is 5.69 Å². The highest BCUT2D eigenvalue weighted by atomic mass is 79.9. The zero-order valence-corrected chi connectivity index (χ0v) is 11.2. The summed E-state index contributed by atoms with van der Waals surface area (Å²) in [5.41, 5.74) is 1.12. The molecule has 0 heterocycles. The molecule has 1 aromatic rings. The summed E-state index contributed by atoms with van der Waals surface area (Å²) < 4.78 is 5.53. The number of hydrogen-bond acceptors (Lipinski definition) is 4. The number of halogens is 1. The molecule has 17 heavy (non-hydrogen) atoms. The van der Waals surface area contributed by atoms with E-state index in [9.17, 15) is 4.79 Å². The standard InChI is InChI=1S/C12H13BrN2O2/c1-3-10(12(16)17-2)15-11-6-9(13)5-4-8(11)7-14/h4-6,10,15H,3H2,1-2H3. The van der Waals surface area contributed by atoms with E-state index >= 15 is 0 Å². The second-order valence-corrected chi connectivity index (χ2v) is 4.35. The lowest BCUT2D eigenvalue weighted by atomic mass is 10.1. The molecular formula is C12H13BrN2O2. The SMILES string of the molecule is CCC(Nc1cc(Br)ccc1C#N)C(=O)OC. The number of nitriles is 1. The molecule has 0 aliphatic heterocycles. The van der Waals surface area contributed by atoms with Crippen LogP contribution in [0.5, 0.6) is 0 Å². The van der Waals surface area contributed by atoms with Gasteiger partial charge in [0.2, 0.25) is 0 Å². The molecule has 0 radical (unpaired) electrons. The molecule has 0 fully saturated rings. The van der Waals surface area contributed by atoms with E-state index in [1.807, 2.05) is 6.92 Å². The molecule has 0 saturated carbocycles. The molecule has 1 aromatic carbocycles. The summed E-state index contributed by atoms with van der Waals surface area (Å²) in [4.78, 5) is 11.5. The fourth-order valence-corrected chi connectivity index (χ4v) is 1.75. The number of benzene rings is 1. The number of carbonyl (C=O) groups is 1. The van der Waals surface area contributed by atoms with Crippen molar-refractivity contribution in [2.45, 2.75) is 19.4 Å². The van der Waals surface area contributed by atoms with E-state index in [0.717, 1.165) is 4.47 Å². The third kappa shape index (κ3) is 3.46. The van der Waals surface area contributed by atoms with E-state index in [1.54, 1.807) is 18.2 Å². The average molecular weight is 297 g/mol. The Morgan fingerprint density at radius 3 is 2.88 bits per heavy atom. The lowest BCUT2D eigenvalue weighted by Gasteiger charge is -2.16. The van der Waals surface area contributed by atoms with Gasteiger partial charge >= 0.3 is 5.97 Å². The van der Waals surface area contributed by atoms with Crippen LogP contribution < -0.4 is 5.32 Å². The van der Waals surface area contributed by atoms with E-state index < -0.39 is 6.04 Å². The van der Waals surface area contributed by atoms with Gasteiger partial charge < -0.3 is 10.1 Å². The van der Waals surface area contributed by atoms with Crippen LogP contribution in [0.3, 0.4) is 0 Å². The first-order valence-corrected chi connectivity index (χ1v) is 5.95. The summed E-state index contributed by atoms with van der Waals surface area (Å²) in [6, 6.07) is 6.87. The summed E-state index contributed by atoms with van der Waals surface area (Å²) in [7, 11) is 1.35. The van der Waals surface area contributed by atoms with Gasteiger partial charge in [0.05, 0.1) is 18.4 Å². The number of nitrogens with one attached hydrogen (secondary N) is 1. The fourth-order valence-electron chi connectivity index (χ4n) is 1.39. The molecule has 0 aliphatic rings. The van der Waals surface area contributed by atoms with E-state index in [0.29, 0.717) is 17.7 Å². The third-order valence-corrected chi connectivity index (χ3v) is 2.82. The van der Waals surface area contributed by atoms with Crippen LogP contribution in [0.25, 0.3) is 0 Å². The average Bonchev–Trinajstić information content (AvgIpc) is 2.35. The zero-order valence-electron chi connectivity index (χ0n) is 9.66. The molecule has 1 atom stereocenters. The molecule has 5 heteroatoms. The molecule has 1 rings (SSSR count). The lowest BCUT2D eigenvalue weighted by Crippen LogP contribution is -2.30. The minimum atomic E-state index is -0.443. The number of rotatable bonds is 4. The summed E-state index contributed by atoms with van der Waals surface area (Å²) >= 11 is 3.33. The molecule has 0 amide bonds. The van der Waals surface area contributed by atoms with Gasteiger partial charge in [0.25, 0.3) is 0 Å². The van der Waals surface area contributed by atoms with Gasteiger partial charge in [0.1, 0.15) is 12.1 Å². The zero-order chi connectivity index (χ0) is 12.8. The van der Waals surface area contributed by atoms with Crippen LogP contribution >= 0.6 is 15.9 Å². The number of ether oxygens (including phenoxy) is 1. The summed E-state index contributed by atoms with van der Waals surface area (Å²) in [5.74, 6) is -0.337. The van der Waals surface area contributed by atoms with Crippen LogP contribution in [-0.2, 0) is 9.53 Å². The molecule has 0 aromatic heterocycles. The van der Waals surface area contributed by atoms with Crippen molar-refractivity contribution in [2.24, 2.45) is 0 Å². The van der Waals surface area contributed by atoms with Crippen molar-refractivity contribution in [3.05, 3.63) is 28.2 Å². The topological polar surface area (TPSA) is 62.1 Å². The van der Waals surface area contributed by atoms with Crippen molar-refractivity contribution < 1.29 is 9.53 Å². The van der Waals surface area contributed by atoms with Gasteiger partial charge in [0.15, 0.2) is 0 Å². The second kappa shape index (κ2) is 6.26. The van der Waals surface area contributed by atoms with Crippen molar-refractivity contribution in [3.63, 3.8) is 0 Å². The fraction of sp³-hybridized carbons (Fsp3) is 0.333. The molecular weight excluding hydrogens is 284 g/mol. The monoisotopic (exact) mass is 296 g/mol. The Hall–Kier alpha value is -1.54. The summed E-state index contributed by atoms with van der Waals surface area (Å²) in [6.45, 7) is 1.87. The van der Waals surface area contributed by atoms with Crippen molar-refractivity contribution in [2.75, 3.05) is 12.4 Å². The first-order chi connectivity index (χ1) is 8.12. The quantitative estimate of drug-likeness (QED) is 0.868. The van der Waals surface area contributed by atoms with Gasteiger partial charge in [-0.25, -0.2) is 4.79 Å². The minimum absolute atomic E-state index is 0.337. The smallest absolute Gasteiger partial charge is 0.328 e. The van der Waals surface area contributed by atoms with E-state index in [2.05, 4.69) is 32.1 Å². The Labute approximate surface area is 109 Å². The van der Waals surface area contributed by atoms with Gasteiger partial charge in [-0.2, -0.15) is 5.26 Å². The predicted molar refractivity (Wildman–Crippen MR) is 68.6 cm³/mol. The second-order valence-electron chi connectivity index (χ2n) is 3.43. The number of carbonyl (C=O) groups excluding carboxylic acids is 1. The summed E-state index contributed by atoms with van der Waals surface area (Å²) in [6.07, 6.45) is 0.587. The van der Waals surface area contributed by atoms with Gasteiger partial charge in [-0.05, 0) is 24.6 Å².